The van der Waals surface area contributed by atoms with Gasteiger partial charge in [0, 0.05) is 36.1 Å². The maximum atomic E-state index is 15.0. The van der Waals surface area contributed by atoms with Gasteiger partial charge in [-0.05, 0) is 25.5 Å². The van der Waals surface area contributed by atoms with E-state index in [1.54, 1.807) is 27.0 Å². The number of halogens is 1. The van der Waals surface area contributed by atoms with Crippen LogP contribution in [0.15, 0.2) is 54.2 Å². The summed E-state index contributed by atoms with van der Waals surface area (Å²) in [5, 5.41) is 13.4. The third-order valence-corrected chi connectivity index (χ3v) is 4.50. The number of hydrogen-bond donors (Lipinski definition) is 3. The molecule has 30 heavy (non-hydrogen) atoms. The lowest BCUT2D eigenvalue weighted by Crippen LogP contribution is -2.27. The molecule has 0 unspecified atom stereocenters. The number of benzene rings is 2. The lowest BCUT2D eigenvalue weighted by molar-refractivity contribution is -0.144. The molecule has 7 heteroatoms. The summed E-state index contributed by atoms with van der Waals surface area (Å²) >= 11 is 0. The van der Waals surface area contributed by atoms with Crippen molar-refractivity contribution in [1.29, 1.82) is 5.41 Å². The van der Waals surface area contributed by atoms with E-state index in [1.165, 1.54) is 12.1 Å². The Kier molecular flexibility index (Phi) is 8.29. The van der Waals surface area contributed by atoms with E-state index in [0.29, 0.717) is 11.3 Å². The van der Waals surface area contributed by atoms with Crippen LogP contribution >= 0.6 is 0 Å². The van der Waals surface area contributed by atoms with Gasteiger partial charge in [-0.15, -0.1) is 0 Å². The molecule has 0 aliphatic heterocycles. The highest BCUT2D eigenvalue weighted by Gasteiger charge is 2.19. The molecule has 0 aliphatic carbocycles. The molecule has 1 amide bonds. The quantitative estimate of drug-likeness (QED) is 0.434. The van der Waals surface area contributed by atoms with E-state index in [4.69, 9.17) is 10.1 Å². The predicted octanol–water partition coefficient (Wildman–Crippen LogP) is 3.68. The molecule has 0 heterocycles. The van der Waals surface area contributed by atoms with Crippen LogP contribution in [0.25, 0.3) is 5.57 Å². The molecule has 6 nitrogen and oxygen atoms in total. The van der Waals surface area contributed by atoms with Gasteiger partial charge in [-0.2, -0.15) is 0 Å². The third kappa shape index (κ3) is 6.01. The van der Waals surface area contributed by atoms with Crippen LogP contribution in [0, 0.1) is 11.2 Å². The fourth-order valence-electron chi connectivity index (χ4n) is 2.89. The minimum absolute atomic E-state index is 0.0243. The van der Waals surface area contributed by atoms with Crippen LogP contribution in [0.4, 0.5) is 4.39 Å². The third-order valence-electron chi connectivity index (χ3n) is 4.50. The summed E-state index contributed by atoms with van der Waals surface area (Å²) in [6, 6.07) is 13.7. The Balaban J connectivity index is 1.99. The van der Waals surface area contributed by atoms with E-state index in [2.05, 4.69) is 10.6 Å². The first-order valence-electron chi connectivity index (χ1n) is 9.56. The molecule has 158 valence electrons. The summed E-state index contributed by atoms with van der Waals surface area (Å²) in [4.78, 5) is 24.3. The van der Waals surface area contributed by atoms with E-state index in [1.807, 2.05) is 30.3 Å². The molecule has 2 rings (SSSR count). The highest BCUT2D eigenvalue weighted by Crippen LogP contribution is 2.24. The summed E-state index contributed by atoms with van der Waals surface area (Å²) in [6.45, 7) is 3.48. The normalized spacial score (nSPS) is 11.3. The average Bonchev–Trinajstić information content (AvgIpc) is 2.73. The van der Waals surface area contributed by atoms with Crippen molar-refractivity contribution >= 4 is 23.2 Å². The van der Waals surface area contributed by atoms with Crippen molar-refractivity contribution in [2.45, 2.75) is 26.9 Å². The van der Waals surface area contributed by atoms with Gasteiger partial charge in [-0.25, -0.2) is 4.39 Å². The number of carbonyl (C=O) groups excluding carboxylic acids is 2. The summed E-state index contributed by atoms with van der Waals surface area (Å²) in [7, 11) is 1.68. The van der Waals surface area contributed by atoms with Crippen molar-refractivity contribution in [2.75, 3.05) is 13.6 Å². The number of carbonyl (C=O) groups is 2. The fourth-order valence-corrected chi connectivity index (χ4v) is 2.89. The van der Waals surface area contributed by atoms with Gasteiger partial charge >= 0.3 is 5.97 Å². The molecule has 0 aliphatic rings. The van der Waals surface area contributed by atoms with Crippen molar-refractivity contribution in [3.63, 3.8) is 0 Å². The van der Waals surface area contributed by atoms with Gasteiger partial charge < -0.3 is 20.8 Å². The molecule has 3 N–H and O–H groups in total. The minimum Gasteiger partial charge on any atom is -0.461 e. The molecule has 0 fully saturated rings. The Bertz CT molecular complexity index is 955. The minimum atomic E-state index is -0.710. The van der Waals surface area contributed by atoms with Gasteiger partial charge in [0.05, 0.1) is 12.0 Å². The maximum absolute atomic E-state index is 15.0. The van der Waals surface area contributed by atoms with Gasteiger partial charge in [0.1, 0.15) is 12.4 Å². The number of ether oxygens (including phenoxy) is 1. The lowest BCUT2D eigenvalue weighted by atomic mass is 9.97. The lowest BCUT2D eigenvalue weighted by Gasteiger charge is -2.14. The average molecular weight is 411 g/mol. The Labute approximate surface area is 175 Å². The zero-order valence-corrected chi connectivity index (χ0v) is 17.3. The van der Waals surface area contributed by atoms with Crippen LogP contribution in [-0.2, 0) is 16.1 Å². The first-order valence-corrected chi connectivity index (χ1v) is 9.56. The van der Waals surface area contributed by atoms with Gasteiger partial charge in [0.2, 0.25) is 0 Å². The highest BCUT2D eigenvalue weighted by atomic mass is 19.1. The van der Waals surface area contributed by atoms with Crippen LogP contribution in [0.5, 0.6) is 0 Å². The second kappa shape index (κ2) is 10.9. The Hall–Kier alpha value is -3.48. The Morgan fingerprint density at radius 1 is 1.03 bits per heavy atom. The van der Waals surface area contributed by atoms with Crippen LogP contribution < -0.4 is 10.6 Å². The standard InChI is InChI=1S/C23H26FN3O3/c1-15(25)21(16(2)26-3)18-10-7-11-19(22(18)24)23(29)27-13-12-20(28)30-14-17-8-5-4-6-9-17/h4-11,25-26H,12-14H2,1-3H3,(H,27,29)/b21-16+,25-15?. The first-order chi connectivity index (χ1) is 14.3. The topological polar surface area (TPSA) is 91.3 Å². The maximum Gasteiger partial charge on any atom is 0.307 e. The first kappa shape index (κ1) is 22.8. The number of amides is 1. The fraction of sp³-hybridized carbons (Fsp3) is 0.261. The van der Waals surface area contributed by atoms with Crippen molar-refractivity contribution in [3.8, 4) is 0 Å². The number of allylic oxidation sites excluding steroid dienone is 2. The number of rotatable bonds is 9. The van der Waals surface area contributed by atoms with E-state index < -0.39 is 17.7 Å². The summed E-state index contributed by atoms with van der Waals surface area (Å²) in [5.41, 5.74) is 2.10. The van der Waals surface area contributed by atoms with Crippen LogP contribution in [0.2, 0.25) is 0 Å². The van der Waals surface area contributed by atoms with Gasteiger partial charge in [0.25, 0.3) is 5.91 Å². The van der Waals surface area contributed by atoms with Crippen LogP contribution in [-0.4, -0.2) is 31.2 Å². The van der Waals surface area contributed by atoms with E-state index in [0.717, 1.165) is 5.56 Å². The van der Waals surface area contributed by atoms with Gasteiger partial charge in [0.15, 0.2) is 0 Å². The molecule has 0 radical (unpaired) electrons. The molecule has 0 spiro atoms. The molecule has 0 saturated carbocycles. The molecular formula is C23H26FN3O3. The number of hydrogen-bond acceptors (Lipinski definition) is 5. The van der Waals surface area contributed by atoms with Crippen molar-refractivity contribution in [1.82, 2.24) is 10.6 Å². The number of esters is 1. The van der Waals surface area contributed by atoms with Crippen molar-refractivity contribution in [2.24, 2.45) is 0 Å². The molecule has 2 aromatic carbocycles. The Morgan fingerprint density at radius 3 is 2.33 bits per heavy atom. The zero-order valence-electron chi connectivity index (χ0n) is 17.3. The number of nitrogens with one attached hydrogen (secondary N) is 3. The molecule has 0 bridgehead atoms. The van der Waals surface area contributed by atoms with Gasteiger partial charge in [-0.1, -0.05) is 42.5 Å². The highest BCUT2D eigenvalue weighted by molar-refractivity contribution is 6.22. The summed E-state index contributed by atoms with van der Waals surface area (Å²) in [5.74, 6) is -1.80. The summed E-state index contributed by atoms with van der Waals surface area (Å²) < 4.78 is 20.2. The van der Waals surface area contributed by atoms with Crippen LogP contribution in [0.3, 0.4) is 0 Å². The van der Waals surface area contributed by atoms with E-state index >= 15 is 4.39 Å². The molecule has 0 atom stereocenters. The largest absolute Gasteiger partial charge is 0.461 e. The SMILES string of the molecule is CN/C(C)=C(\C(C)=N)c1cccc(C(=O)NCCC(=O)OCc2ccccc2)c1F. The summed E-state index contributed by atoms with van der Waals surface area (Å²) in [6.07, 6.45) is -0.0243. The second-order valence-corrected chi connectivity index (χ2v) is 6.69. The second-order valence-electron chi connectivity index (χ2n) is 6.69. The van der Waals surface area contributed by atoms with E-state index in [-0.39, 0.29) is 36.4 Å². The predicted molar refractivity (Wildman–Crippen MR) is 115 cm³/mol. The van der Waals surface area contributed by atoms with Crippen molar-refractivity contribution in [3.05, 3.63) is 76.7 Å². The van der Waals surface area contributed by atoms with Crippen LogP contribution in [0.1, 0.15) is 41.8 Å². The zero-order chi connectivity index (χ0) is 22.1. The Morgan fingerprint density at radius 2 is 1.70 bits per heavy atom. The van der Waals surface area contributed by atoms with E-state index in [9.17, 15) is 9.59 Å². The molecular weight excluding hydrogens is 385 g/mol. The smallest absolute Gasteiger partial charge is 0.307 e. The molecule has 2 aromatic rings. The monoisotopic (exact) mass is 411 g/mol. The van der Waals surface area contributed by atoms with Crippen molar-refractivity contribution < 1.29 is 18.7 Å². The molecule has 0 aromatic heterocycles. The van der Waals surface area contributed by atoms with Gasteiger partial charge in [-0.3, -0.25) is 9.59 Å². The molecule has 0 saturated heterocycles.